The summed E-state index contributed by atoms with van der Waals surface area (Å²) in [5.41, 5.74) is 2.19. The smallest absolute Gasteiger partial charge is 0.0606 e. The molecule has 4 heteroatoms. The standard InChI is InChI=1S/C14H23N3O/c1-3-15-11(2)14-7-6-13(10-16-14)17(8-9-18)12-4-5-12/h6-7,10-12,15,18H,3-5,8-9H2,1-2H3. The average Bonchev–Trinajstić information content (AvgIpc) is 3.21. The molecule has 0 aliphatic heterocycles. The number of hydrogen-bond acceptors (Lipinski definition) is 4. The molecule has 1 aliphatic carbocycles. The highest BCUT2D eigenvalue weighted by atomic mass is 16.3. The Kier molecular flexibility index (Phi) is 4.55. The lowest BCUT2D eigenvalue weighted by Gasteiger charge is -2.23. The van der Waals surface area contributed by atoms with E-state index < -0.39 is 0 Å². The first-order valence-corrected chi connectivity index (χ1v) is 6.83. The minimum atomic E-state index is 0.200. The molecule has 0 aromatic carbocycles. The molecule has 0 bridgehead atoms. The van der Waals surface area contributed by atoms with Crippen LogP contribution in [0.5, 0.6) is 0 Å². The molecular weight excluding hydrogens is 226 g/mol. The highest BCUT2D eigenvalue weighted by molar-refractivity contribution is 5.47. The van der Waals surface area contributed by atoms with Gasteiger partial charge in [0, 0.05) is 18.6 Å². The van der Waals surface area contributed by atoms with Crippen LogP contribution >= 0.6 is 0 Å². The second kappa shape index (κ2) is 6.16. The van der Waals surface area contributed by atoms with E-state index in [0.717, 1.165) is 17.9 Å². The van der Waals surface area contributed by atoms with Gasteiger partial charge >= 0.3 is 0 Å². The van der Waals surface area contributed by atoms with Crippen molar-refractivity contribution in [3.8, 4) is 0 Å². The molecule has 1 unspecified atom stereocenters. The third-order valence-corrected chi connectivity index (χ3v) is 3.38. The highest BCUT2D eigenvalue weighted by Gasteiger charge is 2.28. The molecule has 0 amide bonds. The van der Waals surface area contributed by atoms with Crippen molar-refractivity contribution in [1.82, 2.24) is 10.3 Å². The summed E-state index contributed by atoms with van der Waals surface area (Å²) >= 11 is 0. The number of nitrogens with one attached hydrogen (secondary N) is 1. The van der Waals surface area contributed by atoms with Crippen LogP contribution in [-0.2, 0) is 0 Å². The number of nitrogens with zero attached hydrogens (tertiary/aromatic N) is 2. The zero-order chi connectivity index (χ0) is 13.0. The van der Waals surface area contributed by atoms with Crippen molar-refractivity contribution in [2.45, 2.75) is 38.8 Å². The lowest BCUT2D eigenvalue weighted by Crippen LogP contribution is -2.29. The predicted octanol–water partition coefficient (Wildman–Crippen LogP) is 1.71. The Morgan fingerprint density at radius 3 is 2.78 bits per heavy atom. The molecule has 0 radical (unpaired) electrons. The van der Waals surface area contributed by atoms with Crippen LogP contribution < -0.4 is 10.2 Å². The van der Waals surface area contributed by atoms with E-state index in [1.807, 2.05) is 6.20 Å². The number of pyridine rings is 1. The SMILES string of the molecule is CCNC(C)c1ccc(N(CCO)C2CC2)cn1. The molecule has 100 valence electrons. The molecule has 2 rings (SSSR count). The molecule has 0 spiro atoms. The van der Waals surface area contributed by atoms with Crippen molar-refractivity contribution in [2.75, 3.05) is 24.6 Å². The number of aliphatic hydroxyl groups is 1. The maximum atomic E-state index is 9.12. The van der Waals surface area contributed by atoms with E-state index >= 15 is 0 Å². The molecule has 1 aromatic heterocycles. The Bertz CT molecular complexity index is 362. The number of rotatable bonds is 7. The topological polar surface area (TPSA) is 48.4 Å². The van der Waals surface area contributed by atoms with Gasteiger partial charge in [0.15, 0.2) is 0 Å². The molecule has 18 heavy (non-hydrogen) atoms. The lowest BCUT2D eigenvalue weighted by molar-refractivity contribution is 0.301. The summed E-state index contributed by atoms with van der Waals surface area (Å²) in [4.78, 5) is 6.78. The van der Waals surface area contributed by atoms with E-state index in [-0.39, 0.29) is 12.6 Å². The number of hydrogen-bond donors (Lipinski definition) is 2. The summed E-state index contributed by atoms with van der Waals surface area (Å²) in [7, 11) is 0. The van der Waals surface area contributed by atoms with E-state index in [4.69, 9.17) is 5.11 Å². The van der Waals surface area contributed by atoms with Crippen molar-refractivity contribution in [3.05, 3.63) is 24.0 Å². The van der Waals surface area contributed by atoms with Gasteiger partial charge in [0.05, 0.1) is 24.2 Å². The second-order valence-corrected chi connectivity index (χ2v) is 4.87. The highest BCUT2D eigenvalue weighted by Crippen LogP contribution is 2.31. The van der Waals surface area contributed by atoms with Crippen molar-refractivity contribution in [2.24, 2.45) is 0 Å². The first kappa shape index (κ1) is 13.3. The molecule has 1 atom stereocenters. The fraction of sp³-hybridized carbons (Fsp3) is 0.643. The normalized spacial score (nSPS) is 16.6. The molecule has 1 aliphatic rings. The van der Waals surface area contributed by atoms with Crippen LogP contribution in [0.3, 0.4) is 0 Å². The fourth-order valence-electron chi connectivity index (χ4n) is 2.25. The van der Waals surface area contributed by atoms with Gasteiger partial charge in [-0.05, 0) is 38.4 Å². The molecule has 1 fully saturated rings. The van der Waals surface area contributed by atoms with Gasteiger partial charge in [-0.3, -0.25) is 4.98 Å². The van der Waals surface area contributed by atoms with Gasteiger partial charge in [0.1, 0.15) is 0 Å². The Morgan fingerprint density at radius 1 is 1.50 bits per heavy atom. The molecule has 1 saturated carbocycles. The monoisotopic (exact) mass is 249 g/mol. The summed E-state index contributed by atoms with van der Waals surface area (Å²) in [6.07, 6.45) is 4.39. The van der Waals surface area contributed by atoms with E-state index in [1.54, 1.807) is 0 Å². The van der Waals surface area contributed by atoms with Crippen molar-refractivity contribution < 1.29 is 5.11 Å². The predicted molar refractivity (Wildman–Crippen MR) is 73.8 cm³/mol. The quantitative estimate of drug-likeness (QED) is 0.772. The average molecular weight is 249 g/mol. The molecular formula is C14H23N3O. The first-order chi connectivity index (χ1) is 8.76. The van der Waals surface area contributed by atoms with Gasteiger partial charge in [0.2, 0.25) is 0 Å². The molecule has 0 saturated heterocycles. The van der Waals surface area contributed by atoms with E-state index in [2.05, 4.69) is 41.2 Å². The van der Waals surface area contributed by atoms with Crippen LogP contribution in [0.2, 0.25) is 0 Å². The number of aliphatic hydroxyl groups excluding tert-OH is 1. The molecule has 4 nitrogen and oxygen atoms in total. The lowest BCUT2D eigenvalue weighted by atomic mass is 10.2. The van der Waals surface area contributed by atoms with Gasteiger partial charge in [-0.25, -0.2) is 0 Å². The van der Waals surface area contributed by atoms with Crippen LogP contribution in [0.1, 0.15) is 38.4 Å². The Morgan fingerprint density at radius 2 is 2.28 bits per heavy atom. The van der Waals surface area contributed by atoms with Crippen LogP contribution in [-0.4, -0.2) is 35.8 Å². The Labute approximate surface area is 109 Å². The van der Waals surface area contributed by atoms with E-state index in [9.17, 15) is 0 Å². The third-order valence-electron chi connectivity index (χ3n) is 3.38. The zero-order valence-electron chi connectivity index (χ0n) is 11.3. The van der Waals surface area contributed by atoms with Gasteiger partial charge in [-0.15, -0.1) is 0 Å². The largest absolute Gasteiger partial charge is 0.395 e. The maximum Gasteiger partial charge on any atom is 0.0606 e. The Hall–Kier alpha value is -1.13. The van der Waals surface area contributed by atoms with Crippen LogP contribution in [0.25, 0.3) is 0 Å². The van der Waals surface area contributed by atoms with E-state index in [1.165, 1.54) is 12.8 Å². The van der Waals surface area contributed by atoms with Gasteiger partial charge in [-0.2, -0.15) is 0 Å². The maximum absolute atomic E-state index is 9.12. The van der Waals surface area contributed by atoms with Gasteiger partial charge < -0.3 is 15.3 Å². The minimum absolute atomic E-state index is 0.200. The van der Waals surface area contributed by atoms with Crippen molar-refractivity contribution in [1.29, 1.82) is 0 Å². The fourth-order valence-corrected chi connectivity index (χ4v) is 2.25. The van der Waals surface area contributed by atoms with Crippen molar-refractivity contribution >= 4 is 5.69 Å². The summed E-state index contributed by atoms with van der Waals surface area (Å²) < 4.78 is 0. The van der Waals surface area contributed by atoms with Gasteiger partial charge in [-0.1, -0.05) is 6.92 Å². The number of aromatic nitrogens is 1. The van der Waals surface area contributed by atoms with Crippen LogP contribution in [0, 0.1) is 0 Å². The zero-order valence-corrected chi connectivity index (χ0v) is 11.3. The van der Waals surface area contributed by atoms with Gasteiger partial charge in [0.25, 0.3) is 0 Å². The molecule has 1 aromatic rings. The number of anilines is 1. The first-order valence-electron chi connectivity index (χ1n) is 6.83. The van der Waals surface area contributed by atoms with E-state index in [0.29, 0.717) is 12.6 Å². The third kappa shape index (κ3) is 3.21. The summed E-state index contributed by atoms with van der Waals surface area (Å²) in [6.45, 7) is 6.07. The molecule has 2 N–H and O–H groups in total. The van der Waals surface area contributed by atoms with Crippen molar-refractivity contribution in [3.63, 3.8) is 0 Å². The Balaban J connectivity index is 2.05. The van der Waals surface area contributed by atoms with Crippen LogP contribution in [0.4, 0.5) is 5.69 Å². The second-order valence-electron chi connectivity index (χ2n) is 4.87. The molecule has 1 heterocycles. The summed E-state index contributed by atoms with van der Waals surface area (Å²) in [6, 6.07) is 5.09. The summed E-state index contributed by atoms with van der Waals surface area (Å²) in [5.74, 6) is 0. The summed E-state index contributed by atoms with van der Waals surface area (Å²) in [5, 5.41) is 12.5. The minimum Gasteiger partial charge on any atom is -0.395 e. The van der Waals surface area contributed by atoms with Crippen LogP contribution in [0.15, 0.2) is 18.3 Å².